The zero-order chi connectivity index (χ0) is 26.2. The van der Waals surface area contributed by atoms with Crippen molar-refractivity contribution in [2.75, 3.05) is 17.1 Å². The largest absolute Gasteiger partial charge is 0.352 e. The number of nitrogens with zero attached hydrogens (tertiary/aromatic N) is 2. The van der Waals surface area contributed by atoms with E-state index in [1.165, 1.54) is 10.6 Å². The third kappa shape index (κ3) is 8.69. The lowest BCUT2D eigenvalue weighted by Gasteiger charge is -2.30. The minimum absolute atomic E-state index is 0.0136. The summed E-state index contributed by atoms with van der Waals surface area (Å²) < 4.78 is 26.4. The standard InChI is InChI=1S/C27H39N3O4S/c1-7-22(4)28-27(32)23(5)29(19-24-12-9-8-10-13-24)26(31)14-11-15-30(35(6,33)34)25-17-20(2)16-21(3)18-25/h8-10,12-13,16-18,22-23H,7,11,14-15,19H2,1-6H3,(H,28,32)/t22-,23+/m1/s1. The van der Waals surface area contributed by atoms with Crippen molar-refractivity contribution >= 4 is 27.5 Å². The molecule has 0 aliphatic carbocycles. The quantitative estimate of drug-likeness (QED) is 0.473. The molecule has 7 nitrogen and oxygen atoms in total. The van der Waals surface area contributed by atoms with Gasteiger partial charge < -0.3 is 10.2 Å². The van der Waals surface area contributed by atoms with Gasteiger partial charge in [-0.05, 0) is 69.4 Å². The second-order valence-corrected chi connectivity index (χ2v) is 11.2. The highest BCUT2D eigenvalue weighted by molar-refractivity contribution is 7.92. The number of carbonyl (C=O) groups is 2. The molecule has 2 amide bonds. The van der Waals surface area contributed by atoms with Gasteiger partial charge in [0.15, 0.2) is 0 Å². The van der Waals surface area contributed by atoms with Crippen molar-refractivity contribution in [3.05, 3.63) is 65.2 Å². The minimum atomic E-state index is -3.52. The maximum atomic E-state index is 13.3. The van der Waals surface area contributed by atoms with E-state index in [9.17, 15) is 18.0 Å². The van der Waals surface area contributed by atoms with E-state index in [0.29, 0.717) is 18.7 Å². The zero-order valence-corrected chi connectivity index (χ0v) is 22.6. The molecule has 8 heteroatoms. The summed E-state index contributed by atoms with van der Waals surface area (Å²) in [7, 11) is -3.52. The molecule has 0 aromatic heterocycles. The molecular weight excluding hydrogens is 462 g/mol. The summed E-state index contributed by atoms with van der Waals surface area (Å²) in [5, 5.41) is 2.96. The monoisotopic (exact) mass is 501 g/mol. The fourth-order valence-electron chi connectivity index (χ4n) is 3.93. The zero-order valence-electron chi connectivity index (χ0n) is 21.7. The number of hydrogen-bond donors (Lipinski definition) is 1. The summed E-state index contributed by atoms with van der Waals surface area (Å²) in [6.45, 7) is 9.99. The van der Waals surface area contributed by atoms with Crippen LogP contribution in [0.5, 0.6) is 0 Å². The number of anilines is 1. The Kier molecular flexibility index (Phi) is 10.3. The number of benzene rings is 2. The van der Waals surface area contributed by atoms with Crippen molar-refractivity contribution in [1.82, 2.24) is 10.2 Å². The number of amides is 2. The van der Waals surface area contributed by atoms with Crippen LogP contribution >= 0.6 is 0 Å². The fourth-order valence-corrected chi connectivity index (χ4v) is 4.88. The van der Waals surface area contributed by atoms with Crippen molar-refractivity contribution in [2.24, 2.45) is 0 Å². The summed E-state index contributed by atoms with van der Waals surface area (Å²) in [5.41, 5.74) is 3.47. The normalized spacial score (nSPS) is 13.1. The molecule has 2 rings (SSSR count). The summed E-state index contributed by atoms with van der Waals surface area (Å²) in [4.78, 5) is 27.7. The van der Waals surface area contributed by atoms with Gasteiger partial charge in [-0.2, -0.15) is 0 Å². The van der Waals surface area contributed by atoms with Gasteiger partial charge in [0.05, 0.1) is 11.9 Å². The first-order valence-corrected chi connectivity index (χ1v) is 14.0. The number of sulfonamides is 1. The van der Waals surface area contributed by atoms with Crippen LogP contribution in [0.4, 0.5) is 5.69 Å². The van der Waals surface area contributed by atoms with Gasteiger partial charge in [0, 0.05) is 25.6 Å². The number of rotatable bonds is 12. The van der Waals surface area contributed by atoms with Crippen LogP contribution in [0.15, 0.2) is 48.5 Å². The lowest BCUT2D eigenvalue weighted by Crippen LogP contribution is -2.49. The fraction of sp³-hybridized carbons (Fsp3) is 0.481. The molecule has 0 heterocycles. The Balaban J connectivity index is 2.17. The van der Waals surface area contributed by atoms with E-state index in [1.54, 1.807) is 11.8 Å². The first kappa shape index (κ1) is 28.4. The van der Waals surface area contributed by atoms with E-state index < -0.39 is 16.1 Å². The van der Waals surface area contributed by atoms with E-state index in [-0.39, 0.29) is 30.8 Å². The van der Waals surface area contributed by atoms with E-state index in [2.05, 4.69) is 5.32 Å². The van der Waals surface area contributed by atoms with Crippen molar-refractivity contribution in [3.8, 4) is 0 Å². The molecule has 0 bridgehead atoms. The summed E-state index contributed by atoms with van der Waals surface area (Å²) >= 11 is 0. The van der Waals surface area contributed by atoms with Gasteiger partial charge in [-0.3, -0.25) is 13.9 Å². The smallest absolute Gasteiger partial charge is 0.242 e. The second-order valence-electron chi connectivity index (χ2n) is 9.29. The molecule has 35 heavy (non-hydrogen) atoms. The molecule has 2 aromatic rings. The number of hydrogen-bond acceptors (Lipinski definition) is 4. The van der Waals surface area contributed by atoms with Crippen molar-refractivity contribution in [2.45, 2.75) is 72.5 Å². The van der Waals surface area contributed by atoms with Crippen LogP contribution in [-0.4, -0.2) is 50.0 Å². The molecule has 1 N–H and O–H groups in total. The molecular formula is C27H39N3O4S. The minimum Gasteiger partial charge on any atom is -0.352 e. The molecule has 0 unspecified atom stereocenters. The molecule has 0 radical (unpaired) electrons. The highest BCUT2D eigenvalue weighted by Gasteiger charge is 2.27. The number of nitrogens with one attached hydrogen (secondary N) is 1. The number of carbonyl (C=O) groups excluding carboxylic acids is 2. The van der Waals surface area contributed by atoms with Crippen LogP contribution in [0.3, 0.4) is 0 Å². The molecule has 0 aliphatic heterocycles. The van der Waals surface area contributed by atoms with Crippen LogP contribution in [0, 0.1) is 13.8 Å². The van der Waals surface area contributed by atoms with Crippen molar-refractivity contribution in [3.63, 3.8) is 0 Å². The van der Waals surface area contributed by atoms with E-state index >= 15 is 0 Å². The topological polar surface area (TPSA) is 86.8 Å². The van der Waals surface area contributed by atoms with Crippen LogP contribution in [0.25, 0.3) is 0 Å². The van der Waals surface area contributed by atoms with E-state index in [0.717, 1.165) is 23.1 Å². The molecule has 192 valence electrons. The third-order valence-corrected chi connectivity index (χ3v) is 7.20. The van der Waals surface area contributed by atoms with Gasteiger partial charge in [0.2, 0.25) is 21.8 Å². The first-order chi connectivity index (χ1) is 16.4. The maximum absolute atomic E-state index is 13.3. The molecule has 0 aliphatic rings. The van der Waals surface area contributed by atoms with Crippen molar-refractivity contribution in [1.29, 1.82) is 0 Å². The van der Waals surface area contributed by atoms with Gasteiger partial charge in [-0.25, -0.2) is 8.42 Å². The average Bonchev–Trinajstić information content (AvgIpc) is 2.78. The van der Waals surface area contributed by atoms with E-state index in [1.807, 2.05) is 76.2 Å². The Morgan fingerprint density at radius 1 is 1.00 bits per heavy atom. The SMILES string of the molecule is CC[C@@H](C)NC(=O)[C@H](C)N(Cc1ccccc1)C(=O)CCCN(c1cc(C)cc(C)c1)S(C)(=O)=O. The van der Waals surface area contributed by atoms with Crippen LogP contribution in [0.1, 0.15) is 56.7 Å². The van der Waals surface area contributed by atoms with Crippen LogP contribution in [0.2, 0.25) is 0 Å². The lowest BCUT2D eigenvalue weighted by molar-refractivity contribution is -0.140. The Morgan fingerprint density at radius 3 is 2.14 bits per heavy atom. The van der Waals surface area contributed by atoms with E-state index in [4.69, 9.17) is 0 Å². The van der Waals surface area contributed by atoms with Crippen molar-refractivity contribution < 1.29 is 18.0 Å². The predicted molar refractivity (Wildman–Crippen MR) is 142 cm³/mol. The van der Waals surface area contributed by atoms with Gasteiger partial charge in [0.1, 0.15) is 6.04 Å². The first-order valence-electron chi connectivity index (χ1n) is 12.1. The molecule has 2 atom stereocenters. The Morgan fingerprint density at radius 2 is 1.60 bits per heavy atom. The Bertz CT molecular complexity index is 1080. The molecule has 0 fully saturated rings. The van der Waals surface area contributed by atoms with Gasteiger partial charge >= 0.3 is 0 Å². The lowest BCUT2D eigenvalue weighted by atomic mass is 10.1. The summed E-state index contributed by atoms with van der Waals surface area (Å²) in [6, 6.07) is 14.6. The number of aryl methyl sites for hydroxylation is 2. The Hall–Kier alpha value is -2.87. The summed E-state index contributed by atoms with van der Waals surface area (Å²) in [5.74, 6) is -0.383. The third-order valence-electron chi connectivity index (χ3n) is 6.01. The maximum Gasteiger partial charge on any atom is 0.242 e. The average molecular weight is 502 g/mol. The highest BCUT2D eigenvalue weighted by atomic mass is 32.2. The van der Waals surface area contributed by atoms with Crippen LogP contribution < -0.4 is 9.62 Å². The molecule has 0 saturated heterocycles. The van der Waals surface area contributed by atoms with Gasteiger partial charge in [0.25, 0.3) is 0 Å². The predicted octanol–water partition coefficient (Wildman–Crippen LogP) is 4.18. The Labute approximate surface area is 210 Å². The summed E-state index contributed by atoms with van der Waals surface area (Å²) in [6.07, 6.45) is 2.44. The van der Waals surface area contributed by atoms with Crippen LogP contribution in [-0.2, 0) is 26.2 Å². The van der Waals surface area contributed by atoms with Gasteiger partial charge in [-0.15, -0.1) is 0 Å². The molecule has 0 saturated carbocycles. The second kappa shape index (κ2) is 12.7. The molecule has 2 aromatic carbocycles. The molecule has 0 spiro atoms. The van der Waals surface area contributed by atoms with Gasteiger partial charge in [-0.1, -0.05) is 43.3 Å². The highest BCUT2D eigenvalue weighted by Crippen LogP contribution is 2.22.